The first-order chi connectivity index (χ1) is 5.29. The van der Waals surface area contributed by atoms with Crippen LogP contribution < -0.4 is 0 Å². The van der Waals surface area contributed by atoms with Crippen molar-refractivity contribution in [2.24, 2.45) is 9.98 Å². The van der Waals surface area contributed by atoms with E-state index >= 15 is 0 Å². The first kappa shape index (κ1) is 6.58. The monoisotopic (exact) mass is 149 g/mol. The third-order valence-corrected chi connectivity index (χ3v) is 2.24. The van der Waals surface area contributed by atoms with E-state index in [0.29, 0.717) is 12.1 Å². The van der Waals surface area contributed by atoms with E-state index in [0.717, 1.165) is 5.84 Å². The van der Waals surface area contributed by atoms with Gasteiger partial charge in [0.1, 0.15) is 5.84 Å². The Kier molecular flexibility index (Phi) is 1.31. The molecule has 0 N–H and O–H groups in total. The molecular weight excluding hydrogens is 138 g/mol. The van der Waals surface area contributed by atoms with Gasteiger partial charge in [-0.1, -0.05) is 0 Å². The average Bonchev–Trinajstić information content (AvgIpc) is 2.30. The smallest absolute Gasteiger partial charge is 0.147 e. The lowest BCUT2D eigenvalue weighted by Gasteiger charge is -2.22. The fourth-order valence-corrected chi connectivity index (χ4v) is 1.36. The fraction of sp³-hybridized carbons (Fsp3) is 0.500. The maximum absolute atomic E-state index is 4.43. The van der Waals surface area contributed by atoms with Crippen LogP contribution >= 0.6 is 0 Å². The summed E-state index contributed by atoms with van der Waals surface area (Å²) in [5.41, 5.74) is 0. The minimum absolute atomic E-state index is 0.388. The zero-order valence-electron chi connectivity index (χ0n) is 6.73. The SMILES string of the molecule is CC1N=C2C=NC=CN2[C@H]1C. The second-order valence-electron chi connectivity index (χ2n) is 2.95. The van der Waals surface area contributed by atoms with Gasteiger partial charge in [0, 0.05) is 12.4 Å². The van der Waals surface area contributed by atoms with Crippen LogP contribution in [0.5, 0.6) is 0 Å². The van der Waals surface area contributed by atoms with Crippen LogP contribution in [0, 0.1) is 0 Å². The van der Waals surface area contributed by atoms with Crippen LogP contribution in [-0.4, -0.2) is 29.0 Å². The average molecular weight is 149 g/mol. The van der Waals surface area contributed by atoms with Gasteiger partial charge in [-0.2, -0.15) is 0 Å². The highest BCUT2D eigenvalue weighted by Crippen LogP contribution is 2.18. The van der Waals surface area contributed by atoms with Gasteiger partial charge in [0.15, 0.2) is 0 Å². The molecule has 1 unspecified atom stereocenters. The van der Waals surface area contributed by atoms with Crippen molar-refractivity contribution in [2.45, 2.75) is 25.9 Å². The van der Waals surface area contributed by atoms with Crippen molar-refractivity contribution in [3.05, 3.63) is 12.4 Å². The Labute approximate surface area is 66.1 Å². The molecular formula is C8H11N3. The second kappa shape index (κ2) is 2.19. The van der Waals surface area contributed by atoms with Gasteiger partial charge in [-0.3, -0.25) is 9.98 Å². The van der Waals surface area contributed by atoms with Gasteiger partial charge in [-0.05, 0) is 13.8 Å². The number of aliphatic imine (C=N–C) groups is 2. The summed E-state index contributed by atoms with van der Waals surface area (Å²) in [5.74, 6) is 0.993. The van der Waals surface area contributed by atoms with Crippen molar-refractivity contribution < 1.29 is 0 Å². The normalized spacial score (nSPS) is 34.0. The molecule has 2 aliphatic rings. The Balaban J connectivity index is 2.32. The molecule has 3 heteroatoms. The lowest BCUT2D eigenvalue weighted by molar-refractivity contribution is 0.421. The highest BCUT2D eigenvalue weighted by Gasteiger charge is 2.27. The van der Waals surface area contributed by atoms with Crippen LogP contribution in [0.1, 0.15) is 13.8 Å². The maximum atomic E-state index is 4.43. The molecule has 2 heterocycles. The molecule has 0 aromatic carbocycles. The highest BCUT2D eigenvalue weighted by atomic mass is 15.3. The van der Waals surface area contributed by atoms with Crippen molar-refractivity contribution in [1.82, 2.24) is 4.90 Å². The zero-order chi connectivity index (χ0) is 7.84. The molecule has 0 spiro atoms. The number of fused-ring (bicyclic) bond motifs is 1. The summed E-state index contributed by atoms with van der Waals surface area (Å²) < 4.78 is 0. The van der Waals surface area contributed by atoms with Crippen molar-refractivity contribution in [1.29, 1.82) is 0 Å². The molecule has 2 atom stereocenters. The Hall–Kier alpha value is -1.12. The predicted octanol–water partition coefficient (Wildman–Crippen LogP) is 1.03. The van der Waals surface area contributed by atoms with Gasteiger partial charge >= 0.3 is 0 Å². The number of nitrogens with zero attached hydrogens (tertiary/aromatic N) is 3. The lowest BCUT2D eigenvalue weighted by Crippen LogP contribution is -2.33. The molecule has 0 aromatic rings. The van der Waals surface area contributed by atoms with Crippen LogP contribution in [0.3, 0.4) is 0 Å². The Morgan fingerprint density at radius 3 is 3.00 bits per heavy atom. The lowest BCUT2D eigenvalue weighted by atomic mass is 10.2. The van der Waals surface area contributed by atoms with E-state index in [1.165, 1.54) is 0 Å². The van der Waals surface area contributed by atoms with E-state index in [2.05, 4.69) is 28.7 Å². The van der Waals surface area contributed by atoms with Crippen molar-refractivity contribution in [3.8, 4) is 0 Å². The summed E-state index contributed by atoms with van der Waals surface area (Å²) in [6, 6.07) is 0.868. The molecule has 0 bridgehead atoms. The summed E-state index contributed by atoms with van der Waals surface area (Å²) in [6.07, 6.45) is 5.58. The van der Waals surface area contributed by atoms with Crippen LogP contribution in [0.4, 0.5) is 0 Å². The first-order valence-electron chi connectivity index (χ1n) is 3.85. The van der Waals surface area contributed by atoms with Crippen LogP contribution in [-0.2, 0) is 0 Å². The molecule has 11 heavy (non-hydrogen) atoms. The number of hydrogen-bond acceptors (Lipinski definition) is 3. The minimum atomic E-state index is 0.388. The van der Waals surface area contributed by atoms with E-state index in [-0.39, 0.29) is 0 Å². The number of rotatable bonds is 0. The topological polar surface area (TPSA) is 28.0 Å². The molecule has 58 valence electrons. The first-order valence-corrected chi connectivity index (χ1v) is 3.85. The largest absolute Gasteiger partial charge is 0.326 e. The van der Waals surface area contributed by atoms with E-state index in [9.17, 15) is 0 Å². The number of amidine groups is 1. The van der Waals surface area contributed by atoms with Crippen LogP contribution in [0.25, 0.3) is 0 Å². The summed E-state index contributed by atoms with van der Waals surface area (Å²) >= 11 is 0. The summed E-state index contributed by atoms with van der Waals surface area (Å²) in [5, 5.41) is 0. The second-order valence-corrected chi connectivity index (χ2v) is 2.95. The van der Waals surface area contributed by atoms with Crippen LogP contribution in [0.2, 0.25) is 0 Å². The Morgan fingerprint density at radius 1 is 1.45 bits per heavy atom. The van der Waals surface area contributed by atoms with E-state index < -0.39 is 0 Å². The zero-order valence-corrected chi connectivity index (χ0v) is 6.73. The Morgan fingerprint density at radius 2 is 2.27 bits per heavy atom. The van der Waals surface area contributed by atoms with Gasteiger partial charge in [0.2, 0.25) is 0 Å². The molecule has 2 rings (SSSR count). The highest BCUT2D eigenvalue weighted by molar-refractivity contribution is 6.30. The van der Waals surface area contributed by atoms with Gasteiger partial charge in [0.05, 0.1) is 18.3 Å². The fourth-order valence-electron chi connectivity index (χ4n) is 1.36. The molecule has 0 amide bonds. The molecule has 0 fully saturated rings. The molecule has 0 aromatic heterocycles. The molecule has 0 saturated carbocycles. The molecule has 2 aliphatic heterocycles. The van der Waals surface area contributed by atoms with E-state index in [4.69, 9.17) is 0 Å². The van der Waals surface area contributed by atoms with Gasteiger partial charge in [-0.15, -0.1) is 0 Å². The molecule has 3 nitrogen and oxygen atoms in total. The molecule has 0 saturated heterocycles. The van der Waals surface area contributed by atoms with Crippen molar-refractivity contribution >= 4 is 12.1 Å². The van der Waals surface area contributed by atoms with Crippen molar-refractivity contribution in [3.63, 3.8) is 0 Å². The third kappa shape index (κ3) is 0.878. The summed E-state index contributed by atoms with van der Waals surface area (Å²) in [6.45, 7) is 4.29. The molecule has 0 radical (unpaired) electrons. The van der Waals surface area contributed by atoms with E-state index in [1.54, 1.807) is 12.4 Å². The minimum Gasteiger partial charge on any atom is -0.326 e. The maximum Gasteiger partial charge on any atom is 0.147 e. The van der Waals surface area contributed by atoms with Crippen molar-refractivity contribution in [2.75, 3.05) is 0 Å². The van der Waals surface area contributed by atoms with Crippen LogP contribution in [0.15, 0.2) is 22.4 Å². The molecule has 0 aliphatic carbocycles. The summed E-state index contributed by atoms with van der Waals surface area (Å²) in [7, 11) is 0. The predicted molar refractivity (Wildman–Crippen MR) is 45.8 cm³/mol. The third-order valence-electron chi connectivity index (χ3n) is 2.24. The van der Waals surface area contributed by atoms with Gasteiger partial charge < -0.3 is 4.90 Å². The van der Waals surface area contributed by atoms with E-state index in [1.807, 2.05) is 6.20 Å². The van der Waals surface area contributed by atoms with Gasteiger partial charge in [0.25, 0.3) is 0 Å². The summed E-state index contributed by atoms with van der Waals surface area (Å²) in [4.78, 5) is 10.6. The van der Waals surface area contributed by atoms with Gasteiger partial charge in [-0.25, -0.2) is 0 Å². The number of hydrogen-bond donors (Lipinski definition) is 0. The quantitative estimate of drug-likeness (QED) is 0.505. The standard InChI is InChI=1S/C8H11N3/c1-6-7(2)11-4-3-9-5-8(11)10-6/h3-7H,1-2H3/t6?,7-/m0/s1. The Bertz CT molecular complexity index is 252.